The predicted molar refractivity (Wildman–Crippen MR) is 55.1 cm³/mol. The lowest BCUT2D eigenvalue weighted by Crippen LogP contribution is -2.03. The highest BCUT2D eigenvalue weighted by molar-refractivity contribution is 5.46. The van der Waals surface area contributed by atoms with Gasteiger partial charge in [-0.25, -0.2) is 9.97 Å². The minimum absolute atomic E-state index is 0.864. The van der Waals surface area contributed by atoms with Crippen LogP contribution in [-0.2, 0) is 6.42 Å². The third-order valence-electron chi connectivity index (χ3n) is 1.76. The zero-order chi connectivity index (χ0) is 9.68. The maximum Gasteiger partial charge on any atom is 0.133 e. The molecular weight excluding hydrogens is 164 g/mol. The topological polar surface area (TPSA) is 49.8 Å². The minimum Gasteiger partial charge on any atom is -0.373 e. The standard InChI is InChI=1S/C9H16N4/c1-4-5-7-12-8(10-2)6-9(11-3)13-7/h6H,4-5H2,1-3H3,(H2,10,11,12,13). The van der Waals surface area contributed by atoms with Crippen molar-refractivity contribution >= 4 is 11.6 Å². The van der Waals surface area contributed by atoms with E-state index in [9.17, 15) is 0 Å². The molecule has 4 heteroatoms. The van der Waals surface area contributed by atoms with E-state index in [1.165, 1.54) is 0 Å². The van der Waals surface area contributed by atoms with Crippen molar-refractivity contribution in [1.82, 2.24) is 9.97 Å². The number of aryl methyl sites for hydroxylation is 1. The summed E-state index contributed by atoms with van der Waals surface area (Å²) in [5, 5.41) is 6.02. The second kappa shape index (κ2) is 4.64. The van der Waals surface area contributed by atoms with E-state index in [4.69, 9.17) is 0 Å². The summed E-state index contributed by atoms with van der Waals surface area (Å²) in [6, 6.07) is 1.89. The Kier molecular flexibility index (Phi) is 3.49. The van der Waals surface area contributed by atoms with Gasteiger partial charge in [-0.3, -0.25) is 0 Å². The van der Waals surface area contributed by atoms with Crippen molar-refractivity contribution < 1.29 is 0 Å². The molecule has 1 aromatic heterocycles. The molecule has 0 unspecified atom stereocenters. The average molecular weight is 180 g/mol. The summed E-state index contributed by atoms with van der Waals surface area (Å²) in [4.78, 5) is 8.65. The fourth-order valence-corrected chi connectivity index (χ4v) is 1.09. The molecule has 0 aromatic carbocycles. The van der Waals surface area contributed by atoms with E-state index >= 15 is 0 Å². The summed E-state index contributed by atoms with van der Waals surface area (Å²) in [5.74, 6) is 2.62. The number of hydrogen-bond acceptors (Lipinski definition) is 4. The van der Waals surface area contributed by atoms with Crippen molar-refractivity contribution in [2.24, 2.45) is 0 Å². The maximum absolute atomic E-state index is 4.33. The first-order valence-corrected chi connectivity index (χ1v) is 4.53. The van der Waals surface area contributed by atoms with Gasteiger partial charge >= 0.3 is 0 Å². The SMILES string of the molecule is CCCc1nc(NC)cc(NC)n1. The van der Waals surface area contributed by atoms with E-state index in [1.807, 2.05) is 20.2 Å². The molecule has 1 rings (SSSR count). The molecule has 0 aliphatic carbocycles. The van der Waals surface area contributed by atoms with Crippen molar-refractivity contribution in [2.75, 3.05) is 24.7 Å². The normalized spacial score (nSPS) is 9.77. The summed E-state index contributed by atoms with van der Waals surface area (Å²) < 4.78 is 0. The van der Waals surface area contributed by atoms with Crippen LogP contribution >= 0.6 is 0 Å². The van der Waals surface area contributed by atoms with Crippen molar-refractivity contribution in [3.05, 3.63) is 11.9 Å². The zero-order valence-corrected chi connectivity index (χ0v) is 8.39. The minimum atomic E-state index is 0.864. The Labute approximate surface area is 78.8 Å². The van der Waals surface area contributed by atoms with Crippen LogP contribution in [0.25, 0.3) is 0 Å². The van der Waals surface area contributed by atoms with Gasteiger partial charge in [-0.2, -0.15) is 0 Å². The number of anilines is 2. The van der Waals surface area contributed by atoms with Crippen LogP contribution in [0.5, 0.6) is 0 Å². The van der Waals surface area contributed by atoms with Gasteiger partial charge in [-0.1, -0.05) is 6.92 Å². The first-order valence-electron chi connectivity index (χ1n) is 4.53. The molecule has 1 aromatic rings. The second-order valence-electron chi connectivity index (χ2n) is 2.80. The third kappa shape index (κ3) is 2.57. The van der Waals surface area contributed by atoms with Crippen LogP contribution < -0.4 is 10.6 Å². The number of aromatic nitrogens is 2. The quantitative estimate of drug-likeness (QED) is 0.737. The van der Waals surface area contributed by atoms with Gasteiger partial charge < -0.3 is 10.6 Å². The molecule has 0 aliphatic heterocycles. The van der Waals surface area contributed by atoms with Crippen LogP contribution in [-0.4, -0.2) is 24.1 Å². The maximum atomic E-state index is 4.33. The lowest BCUT2D eigenvalue weighted by atomic mass is 10.3. The van der Waals surface area contributed by atoms with Gasteiger partial charge in [0.2, 0.25) is 0 Å². The van der Waals surface area contributed by atoms with E-state index in [1.54, 1.807) is 0 Å². The highest BCUT2D eigenvalue weighted by atomic mass is 15.1. The van der Waals surface area contributed by atoms with E-state index in [0.29, 0.717) is 0 Å². The Morgan fingerprint density at radius 1 is 1.15 bits per heavy atom. The first kappa shape index (κ1) is 9.77. The average Bonchev–Trinajstić information content (AvgIpc) is 2.17. The Balaban J connectivity index is 2.93. The summed E-state index contributed by atoms with van der Waals surface area (Å²) >= 11 is 0. The summed E-state index contributed by atoms with van der Waals surface area (Å²) in [6.07, 6.45) is 1.99. The van der Waals surface area contributed by atoms with Crippen LogP contribution in [0.4, 0.5) is 11.6 Å². The van der Waals surface area contributed by atoms with Crippen molar-refractivity contribution in [2.45, 2.75) is 19.8 Å². The lowest BCUT2D eigenvalue weighted by molar-refractivity contribution is 0.837. The molecule has 0 saturated carbocycles. The van der Waals surface area contributed by atoms with Gasteiger partial charge in [-0.15, -0.1) is 0 Å². The van der Waals surface area contributed by atoms with Crippen molar-refractivity contribution in [1.29, 1.82) is 0 Å². The molecule has 0 saturated heterocycles. The molecule has 0 radical (unpaired) electrons. The van der Waals surface area contributed by atoms with Gasteiger partial charge in [0.15, 0.2) is 0 Å². The number of nitrogens with zero attached hydrogens (tertiary/aromatic N) is 2. The van der Waals surface area contributed by atoms with Gasteiger partial charge in [0.05, 0.1) is 0 Å². The van der Waals surface area contributed by atoms with Gasteiger partial charge in [0.25, 0.3) is 0 Å². The number of rotatable bonds is 4. The third-order valence-corrected chi connectivity index (χ3v) is 1.76. The predicted octanol–water partition coefficient (Wildman–Crippen LogP) is 1.51. The Morgan fingerprint density at radius 2 is 1.69 bits per heavy atom. The van der Waals surface area contributed by atoms with Crippen LogP contribution in [0.1, 0.15) is 19.2 Å². The van der Waals surface area contributed by atoms with Crippen LogP contribution in [0, 0.1) is 0 Å². The largest absolute Gasteiger partial charge is 0.373 e. The van der Waals surface area contributed by atoms with Crippen molar-refractivity contribution in [3.63, 3.8) is 0 Å². The first-order chi connectivity index (χ1) is 6.30. The van der Waals surface area contributed by atoms with Gasteiger partial charge in [-0.05, 0) is 6.42 Å². The monoisotopic (exact) mass is 180 g/mol. The highest BCUT2D eigenvalue weighted by Crippen LogP contribution is 2.10. The summed E-state index contributed by atoms with van der Waals surface area (Å²) in [7, 11) is 3.72. The molecule has 4 nitrogen and oxygen atoms in total. The molecular formula is C9H16N4. The van der Waals surface area contributed by atoms with Gasteiger partial charge in [0.1, 0.15) is 17.5 Å². The van der Waals surface area contributed by atoms with E-state index in [-0.39, 0.29) is 0 Å². The fourth-order valence-electron chi connectivity index (χ4n) is 1.09. The zero-order valence-electron chi connectivity index (χ0n) is 8.39. The summed E-state index contributed by atoms with van der Waals surface area (Å²) in [6.45, 7) is 2.12. The van der Waals surface area contributed by atoms with E-state index in [2.05, 4.69) is 27.5 Å². The molecule has 0 spiro atoms. The Bertz CT molecular complexity index is 250. The lowest BCUT2D eigenvalue weighted by Gasteiger charge is -2.06. The van der Waals surface area contributed by atoms with E-state index in [0.717, 1.165) is 30.3 Å². The van der Waals surface area contributed by atoms with Crippen LogP contribution in [0.3, 0.4) is 0 Å². The van der Waals surface area contributed by atoms with Crippen LogP contribution in [0.2, 0.25) is 0 Å². The van der Waals surface area contributed by atoms with E-state index < -0.39 is 0 Å². The molecule has 72 valence electrons. The Morgan fingerprint density at radius 3 is 2.08 bits per heavy atom. The fraction of sp³-hybridized carbons (Fsp3) is 0.556. The molecule has 0 bridgehead atoms. The highest BCUT2D eigenvalue weighted by Gasteiger charge is 2.00. The molecule has 0 atom stereocenters. The number of nitrogens with one attached hydrogen (secondary N) is 2. The molecule has 0 amide bonds. The number of hydrogen-bond donors (Lipinski definition) is 2. The molecule has 0 aliphatic rings. The molecule has 1 heterocycles. The van der Waals surface area contributed by atoms with Crippen molar-refractivity contribution in [3.8, 4) is 0 Å². The molecule has 0 fully saturated rings. The molecule has 13 heavy (non-hydrogen) atoms. The smallest absolute Gasteiger partial charge is 0.133 e. The Hall–Kier alpha value is -1.32. The van der Waals surface area contributed by atoms with Crippen LogP contribution in [0.15, 0.2) is 6.07 Å². The molecule has 2 N–H and O–H groups in total. The van der Waals surface area contributed by atoms with Gasteiger partial charge in [0, 0.05) is 26.6 Å². The second-order valence-corrected chi connectivity index (χ2v) is 2.80. The summed E-state index contributed by atoms with van der Waals surface area (Å²) in [5.41, 5.74) is 0.